The number of amides is 1. The molecule has 1 N–H and O–H groups in total. The Morgan fingerprint density at radius 2 is 1.67 bits per heavy atom. The SMILES string of the molecule is COc1cc(C(=O)Nc2cc(C)nn2C(C)C)cc(OC)c1OC. The first-order valence-corrected chi connectivity index (χ1v) is 7.58. The first kappa shape index (κ1) is 17.7. The van der Waals surface area contributed by atoms with Crippen LogP contribution in [0.3, 0.4) is 0 Å². The van der Waals surface area contributed by atoms with Crippen LogP contribution in [0.5, 0.6) is 17.2 Å². The first-order chi connectivity index (χ1) is 11.4. The van der Waals surface area contributed by atoms with Crippen LogP contribution in [0.15, 0.2) is 18.2 Å². The zero-order valence-corrected chi connectivity index (χ0v) is 14.8. The minimum absolute atomic E-state index is 0.133. The van der Waals surface area contributed by atoms with Crippen LogP contribution in [0.4, 0.5) is 5.82 Å². The molecule has 0 atom stereocenters. The van der Waals surface area contributed by atoms with Crippen molar-refractivity contribution in [1.82, 2.24) is 9.78 Å². The molecule has 0 fully saturated rings. The number of hydrogen-bond donors (Lipinski definition) is 1. The molecule has 1 heterocycles. The Bertz CT molecular complexity index is 712. The van der Waals surface area contributed by atoms with Gasteiger partial charge in [-0.25, -0.2) is 4.68 Å². The van der Waals surface area contributed by atoms with Crippen LogP contribution in [-0.2, 0) is 0 Å². The van der Waals surface area contributed by atoms with E-state index in [0.717, 1.165) is 5.69 Å². The largest absolute Gasteiger partial charge is 0.493 e. The van der Waals surface area contributed by atoms with Crippen molar-refractivity contribution in [2.45, 2.75) is 26.8 Å². The van der Waals surface area contributed by atoms with E-state index in [0.29, 0.717) is 28.6 Å². The molecule has 130 valence electrons. The van der Waals surface area contributed by atoms with Gasteiger partial charge in [0, 0.05) is 17.7 Å². The topological polar surface area (TPSA) is 74.6 Å². The summed E-state index contributed by atoms with van der Waals surface area (Å²) in [6.07, 6.45) is 0. The highest BCUT2D eigenvalue weighted by molar-refractivity contribution is 6.04. The van der Waals surface area contributed by atoms with Crippen LogP contribution < -0.4 is 19.5 Å². The minimum atomic E-state index is -0.281. The lowest BCUT2D eigenvalue weighted by molar-refractivity contribution is 0.102. The van der Waals surface area contributed by atoms with Crippen LogP contribution in [0.2, 0.25) is 0 Å². The molecule has 0 aliphatic carbocycles. The second-order valence-corrected chi connectivity index (χ2v) is 5.58. The maximum atomic E-state index is 12.6. The molecule has 0 bridgehead atoms. The molecule has 0 saturated heterocycles. The van der Waals surface area contributed by atoms with Gasteiger partial charge in [-0.2, -0.15) is 5.10 Å². The van der Waals surface area contributed by atoms with Crippen molar-refractivity contribution in [2.24, 2.45) is 0 Å². The molecule has 1 aromatic heterocycles. The van der Waals surface area contributed by atoms with E-state index < -0.39 is 0 Å². The first-order valence-electron chi connectivity index (χ1n) is 7.58. The molecule has 1 amide bonds. The Morgan fingerprint density at radius 3 is 2.12 bits per heavy atom. The molecular formula is C17H23N3O4. The predicted molar refractivity (Wildman–Crippen MR) is 91.4 cm³/mol. The Kier molecular flexibility index (Phi) is 5.33. The molecule has 0 spiro atoms. The zero-order chi connectivity index (χ0) is 17.9. The quantitative estimate of drug-likeness (QED) is 0.879. The molecule has 0 unspecified atom stereocenters. The zero-order valence-electron chi connectivity index (χ0n) is 14.8. The monoisotopic (exact) mass is 333 g/mol. The smallest absolute Gasteiger partial charge is 0.257 e. The summed E-state index contributed by atoms with van der Waals surface area (Å²) in [7, 11) is 4.54. The van der Waals surface area contributed by atoms with Gasteiger partial charge in [-0.3, -0.25) is 4.79 Å². The third-order valence-corrected chi connectivity index (χ3v) is 3.52. The normalized spacial score (nSPS) is 10.6. The lowest BCUT2D eigenvalue weighted by Gasteiger charge is -2.15. The van der Waals surface area contributed by atoms with Gasteiger partial charge in [0.2, 0.25) is 5.75 Å². The highest BCUT2D eigenvalue weighted by Gasteiger charge is 2.18. The predicted octanol–water partition coefficient (Wildman–Crippen LogP) is 3.05. The lowest BCUT2D eigenvalue weighted by atomic mass is 10.1. The van der Waals surface area contributed by atoms with Crippen LogP contribution >= 0.6 is 0 Å². The van der Waals surface area contributed by atoms with E-state index in [-0.39, 0.29) is 11.9 Å². The average molecular weight is 333 g/mol. The molecule has 0 radical (unpaired) electrons. The highest BCUT2D eigenvalue weighted by atomic mass is 16.5. The number of hydrogen-bond acceptors (Lipinski definition) is 5. The number of aryl methyl sites for hydroxylation is 1. The van der Waals surface area contributed by atoms with Crippen LogP contribution in [0.25, 0.3) is 0 Å². The summed E-state index contributed by atoms with van der Waals surface area (Å²) in [6, 6.07) is 5.18. The Balaban J connectivity index is 2.37. The van der Waals surface area contributed by atoms with Gasteiger partial charge in [-0.1, -0.05) is 0 Å². The summed E-state index contributed by atoms with van der Waals surface area (Å²) in [4.78, 5) is 12.6. The van der Waals surface area contributed by atoms with Gasteiger partial charge < -0.3 is 19.5 Å². The van der Waals surface area contributed by atoms with Gasteiger partial charge in [-0.15, -0.1) is 0 Å². The van der Waals surface area contributed by atoms with Gasteiger partial charge in [-0.05, 0) is 32.9 Å². The molecule has 0 aliphatic heterocycles. The van der Waals surface area contributed by atoms with E-state index in [1.165, 1.54) is 21.3 Å². The molecule has 2 aromatic rings. The number of ether oxygens (including phenoxy) is 3. The number of rotatable bonds is 6. The number of carbonyl (C=O) groups is 1. The number of methoxy groups -OCH3 is 3. The minimum Gasteiger partial charge on any atom is -0.493 e. The van der Waals surface area contributed by atoms with E-state index >= 15 is 0 Å². The van der Waals surface area contributed by atoms with E-state index in [9.17, 15) is 4.79 Å². The summed E-state index contributed by atoms with van der Waals surface area (Å²) in [5, 5.41) is 7.26. The summed E-state index contributed by atoms with van der Waals surface area (Å²) in [5.41, 5.74) is 1.24. The number of carbonyl (C=O) groups excluding carboxylic acids is 1. The number of aromatic nitrogens is 2. The Hall–Kier alpha value is -2.70. The summed E-state index contributed by atoms with van der Waals surface area (Å²) >= 11 is 0. The summed E-state index contributed by atoms with van der Waals surface area (Å²) in [5.74, 6) is 1.66. The summed E-state index contributed by atoms with van der Waals surface area (Å²) < 4.78 is 17.6. The van der Waals surface area contributed by atoms with Crippen molar-refractivity contribution in [3.05, 3.63) is 29.5 Å². The van der Waals surface area contributed by atoms with Gasteiger partial charge in [0.05, 0.1) is 27.0 Å². The fourth-order valence-corrected chi connectivity index (χ4v) is 2.40. The van der Waals surface area contributed by atoms with Crippen LogP contribution in [0.1, 0.15) is 35.9 Å². The van der Waals surface area contributed by atoms with E-state index in [1.807, 2.05) is 26.8 Å². The fraction of sp³-hybridized carbons (Fsp3) is 0.412. The molecule has 7 heteroatoms. The van der Waals surface area contributed by atoms with Gasteiger partial charge in [0.15, 0.2) is 11.5 Å². The Morgan fingerprint density at radius 1 is 1.08 bits per heavy atom. The number of nitrogens with zero attached hydrogens (tertiary/aromatic N) is 2. The second kappa shape index (κ2) is 7.25. The molecule has 0 aliphatic rings. The van der Waals surface area contributed by atoms with Crippen molar-refractivity contribution >= 4 is 11.7 Å². The summed E-state index contributed by atoms with van der Waals surface area (Å²) in [6.45, 7) is 5.89. The van der Waals surface area contributed by atoms with E-state index in [4.69, 9.17) is 14.2 Å². The second-order valence-electron chi connectivity index (χ2n) is 5.58. The van der Waals surface area contributed by atoms with Gasteiger partial charge >= 0.3 is 0 Å². The third-order valence-electron chi connectivity index (χ3n) is 3.52. The van der Waals surface area contributed by atoms with Crippen molar-refractivity contribution in [3.63, 3.8) is 0 Å². The molecule has 2 rings (SSSR count). The van der Waals surface area contributed by atoms with E-state index in [1.54, 1.807) is 16.8 Å². The standard InChI is InChI=1S/C17H23N3O4/c1-10(2)20-15(7-11(3)19-20)18-17(21)12-8-13(22-4)16(24-6)14(9-12)23-5/h7-10H,1-6H3,(H,18,21). The maximum absolute atomic E-state index is 12.6. The Labute approximate surface area is 141 Å². The van der Waals surface area contributed by atoms with Gasteiger partial charge in [0.25, 0.3) is 5.91 Å². The third kappa shape index (κ3) is 3.45. The molecule has 1 aromatic carbocycles. The van der Waals surface area contributed by atoms with Crippen molar-refractivity contribution in [1.29, 1.82) is 0 Å². The number of nitrogens with one attached hydrogen (secondary N) is 1. The number of benzene rings is 1. The van der Waals surface area contributed by atoms with Crippen molar-refractivity contribution in [3.8, 4) is 17.2 Å². The number of anilines is 1. The van der Waals surface area contributed by atoms with Crippen LogP contribution in [0, 0.1) is 6.92 Å². The maximum Gasteiger partial charge on any atom is 0.257 e. The highest BCUT2D eigenvalue weighted by Crippen LogP contribution is 2.38. The van der Waals surface area contributed by atoms with E-state index in [2.05, 4.69) is 10.4 Å². The average Bonchev–Trinajstić information content (AvgIpc) is 2.93. The molecule has 24 heavy (non-hydrogen) atoms. The molecule has 0 saturated carbocycles. The lowest BCUT2D eigenvalue weighted by Crippen LogP contribution is -2.17. The van der Waals surface area contributed by atoms with Crippen molar-refractivity contribution < 1.29 is 19.0 Å². The van der Waals surface area contributed by atoms with Crippen LogP contribution in [-0.4, -0.2) is 37.0 Å². The fourth-order valence-electron chi connectivity index (χ4n) is 2.40. The van der Waals surface area contributed by atoms with Gasteiger partial charge in [0.1, 0.15) is 5.82 Å². The molecule has 7 nitrogen and oxygen atoms in total. The molecular weight excluding hydrogens is 310 g/mol. The van der Waals surface area contributed by atoms with Crippen molar-refractivity contribution in [2.75, 3.05) is 26.6 Å².